The second kappa shape index (κ2) is 12.7. The first-order valence-electron chi connectivity index (χ1n) is 12.2. The van der Waals surface area contributed by atoms with Crippen molar-refractivity contribution in [2.24, 2.45) is 0 Å². The van der Waals surface area contributed by atoms with Gasteiger partial charge in [0.15, 0.2) is 5.82 Å². The number of rotatable bonds is 14. The van der Waals surface area contributed by atoms with Crippen molar-refractivity contribution in [3.63, 3.8) is 0 Å². The molecule has 0 unspecified atom stereocenters. The van der Waals surface area contributed by atoms with Crippen molar-refractivity contribution in [1.82, 2.24) is 10.2 Å². The van der Waals surface area contributed by atoms with Crippen LogP contribution in [0.3, 0.4) is 0 Å². The molecule has 0 fully saturated rings. The van der Waals surface area contributed by atoms with E-state index >= 15 is 0 Å². The number of aromatic amines is 1. The Bertz CT molecular complexity index is 1070. The zero-order chi connectivity index (χ0) is 26.0. The van der Waals surface area contributed by atoms with Crippen LogP contribution in [0.1, 0.15) is 56.2 Å². The van der Waals surface area contributed by atoms with Gasteiger partial charge in [-0.05, 0) is 45.7 Å². The summed E-state index contributed by atoms with van der Waals surface area (Å²) in [6.45, 7) is 11.6. The highest BCUT2D eigenvalue weighted by Crippen LogP contribution is 2.28. The van der Waals surface area contributed by atoms with E-state index in [4.69, 9.17) is 19.0 Å². The van der Waals surface area contributed by atoms with E-state index in [1.54, 1.807) is 18.1 Å². The summed E-state index contributed by atoms with van der Waals surface area (Å²) in [5.41, 5.74) is 1.09. The van der Waals surface area contributed by atoms with Crippen molar-refractivity contribution in [2.45, 2.75) is 59.0 Å². The van der Waals surface area contributed by atoms with Crippen LogP contribution in [0.2, 0.25) is 0 Å². The molecular formula is C28H37N3O5. The lowest BCUT2D eigenvalue weighted by Gasteiger charge is -2.41. The number of H-pyrrole nitrogens is 1. The van der Waals surface area contributed by atoms with E-state index in [1.165, 1.54) is 0 Å². The van der Waals surface area contributed by atoms with E-state index in [1.807, 2.05) is 88.4 Å². The zero-order valence-corrected chi connectivity index (χ0v) is 21.8. The van der Waals surface area contributed by atoms with Gasteiger partial charge in [0.2, 0.25) is 0 Å². The molecular weight excluding hydrogens is 458 g/mol. The Balaban J connectivity index is 1.72. The zero-order valence-electron chi connectivity index (χ0n) is 21.8. The van der Waals surface area contributed by atoms with Crippen molar-refractivity contribution in [1.29, 1.82) is 0 Å². The molecule has 0 aliphatic heterocycles. The lowest BCUT2D eigenvalue weighted by atomic mass is 10.1. The maximum Gasteiger partial charge on any atom is 0.356 e. The van der Waals surface area contributed by atoms with Crippen LogP contribution in [-0.2, 0) is 32.3 Å². The number of carbonyl (C=O) groups is 1. The summed E-state index contributed by atoms with van der Waals surface area (Å²) in [5, 5.41) is 8.78. The molecule has 36 heavy (non-hydrogen) atoms. The fourth-order valence-electron chi connectivity index (χ4n) is 3.52. The molecule has 0 saturated carbocycles. The minimum Gasteiger partial charge on any atom is -0.461 e. The predicted molar refractivity (Wildman–Crippen MR) is 138 cm³/mol. The van der Waals surface area contributed by atoms with Crippen molar-refractivity contribution in [3.8, 4) is 0 Å². The van der Waals surface area contributed by atoms with Gasteiger partial charge in [0, 0.05) is 6.07 Å². The summed E-state index contributed by atoms with van der Waals surface area (Å²) < 4.78 is 17.1. The standard InChI is InChI=1S/C28H37N3O5/c1-6-35-26(32)24-17-25(30-29-24)31(27(2,3)20-33-18-22-13-9-7-10-14-22)36-28(4,5)21-34-19-23-15-11-8-12-16-23/h7-17H,6,18-21H2,1-5H3,(H,29,30). The van der Waals surface area contributed by atoms with E-state index < -0.39 is 17.1 Å². The number of esters is 1. The molecule has 0 amide bonds. The molecule has 8 heteroatoms. The summed E-state index contributed by atoms with van der Waals surface area (Å²) in [5.74, 6) is -0.0257. The summed E-state index contributed by atoms with van der Waals surface area (Å²) in [6, 6.07) is 21.6. The number of nitrogens with one attached hydrogen (secondary N) is 1. The largest absolute Gasteiger partial charge is 0.461 e. The Kier molecular flexibility index (Phi) is 9.64. The van der Waals surface area contributed by atoms with Gasteiger partial charge in [0.1, 0.15) is 11.3 Å². The Morgan fingerprint density at radius 1 is 0.889 bits per heavy atom. The average molecular weight is 496 g/mol. The van der Waals surface area contributed by atoms with Gasteiger partial charge >= 0.3 is 5.97 Å². The third-order valence-corrected chi connectivity index (χ3v) is 5.28. The maximum atomic E-state index is 12.2. The SMILES string of the molecule is CCOC(=O)c1cc(N(OC(C)(C)COCc2ccccc2)C(C)(C)COCc2ccccc2)n[nH]1. The third-order valence-electron chi connectivity index (χ3n) is 5.28. The maximum absolute atomic E-state index is 12.2. The second-order valence-electron chi connectivity index (χ2n) is 9.77. The van der Waals surface area contributed by atoms with Crippen molar-refractivity contribution >= 4 is 11.8 Å². The molecule has 3 aromatic rings. The van der Waals surface area contributed by atoms with Gasteiger partial charge in [-0.2, -0.15) is 5.10 Å². The van der Waals surface area contributed by atoms with E-state index in [2.05, 4.69) is 10.2 Å². The van der Waals surface area contributed by atoms with Crippen LogP contribution >= 0.6 is 0 Å². The minimum absolute atomic E-state index is 0.250. The van der Waals surface area contributed by atoms with Crippen LogP contribution in [0.4, 0.5) is 5.82 Å². The highest BCUT2D eigenvalue weighted by atomic mass is 16.7. The van der Waals surface area contributed by atoms with E-state index in [-0.39, 0.29) is 12.3 Å². The van der Waals surface area contributed by atoms with Crippen LogP contribution in [0.25, 0.3) is 0 Å². The summed E-state index contributed by atoms with van der Waals surface area (Å²) in [4.78, 5) is 18.7. The van der Waals surface area contributed by atoms with Gasteiger partial charge in [-0.1, -0.05) is 60.7 Å². The van der Waals surface area contributed by atoms with Crippen LogP contribution < -0.4 is 5.06 Å². The lowest BCUT2D eigenvalue weighted by molar-refractivity contribution is -0.115. The van der Waals surface area contributed by atoms with Gasteiger partial charge in [-0.15, -0.1) is 0 Å². The van der Waals surface area contributed by atoms with Crippen molar-refractivity contribution < 1.29 is 23.8 Å². The molecule has 0 radical (unpaired) electrons. The fraction of sp³-hybridized carbons (Fsp3) is 0.429. The molecule has 1 aromatic heterocycles. The van der Waals surface area contributed by atoms with Gasteiger partial charge in [-0.3, -0.25) is 9.94 Å². The Labute approximate surface area is 213 Å². The Morgan fingerprint density at radius 3 is 2.00 bits per heavy atom. The molecule has 0 aliphatic carbocycles. The average Bonchev–Trinajstić information content (AvgIpc) is 3.34. The number of hydrogen-bond donors (Lipinski definition) is 1. The number of nitrogens with zero attached hydrogens (tertiary/aromatic N) is 2. The summed E-state index contributed by atoms with van der Waals surface area (Å²) >= 11 is 0. The van der Waals surface area contributed by atoms with Gasteiger partial charge < -0.3 is 14.2 Å². The molecule has 2 aromatic carbocycles. The van der Waals surface area contributed by atoms with Crippen LogP contribution in [0.5, 0.6) is 0 Å². The molecule has 1 heterocycles. The first-order valence-corrected chi connectivity index (χ1v) is 12.2. The van der Waals surface area contributed by atoms with Crippen LogP contribution in [-0.4, -0.2) is 47.1 Å². The Morgan fingerprint density at radius 2 is 1.44 bits per heavy atom. The molecule has 0 aliphatic rings. The number of anilines is 1. The van der Waals surface area contributed by atoms with E-state index in [0.717, 1.165) is 11.1 Å². The van der Waals surface area contributed by atoms with Crippen molar-refractivity contribution in [2.75, 3.05) is 24.9 Å². The summed E-state index contributed by atoms with van der Waals surface area (Å²) in [7, 11) is 0. The fourth-order valence-corrected chi connectivity index (χ4v) is 3.52. The third kappa shape index (κ3) is 8.19. The van der Waals surface area contributed by atoms with Gasteiger partial charge in [0.05, 0.1) is 38.6 Å². The second-order valence-corrected chi connectivity index (χ2v) is 9.77. The van der Waals surface area contributed by atoms with E-state index in [9.17, 15) is 4.79 Å². The monoisotopic (exact) mass is 495 g/mol. The predicted octanol–water partition coefficient (Wildman–Crippen LogP) is 5.32. The number of benzene rings is 2. The van der Waals surface area contributed by atoms with E-state index in [0.29, 0.717) is 32.2 Å². The Hall–Kier alpha value is -3.20. The molecule has 3 rings (SSSR count). The summed E-state index contributed by atoms with van der Waals surface area (Å²) in [6.07, 6.45) is 0. The minimum atomic E-state index is -0.700. The smallest absolute Gasteiger partial charge is 0.356 e. The number of ether oxygens (including phenoxy) is 3. The van der Waals surface area contributed by atoms with Crippen LogP contribution in [0, 0.1) is 0 Å². The highest BCUT2D eigenvalue weighted by molar-refractivity contribution is 5.88. The highest BCUT2D eigenvalue weighted by Gasteiger charge is 2.36. The molecule has 0 saturated heterocycles. The molecule has 194 valence electrons. The number of hydroxylamine groups is 1. The van der Waals surface area contributed by atoms with Gasteiger partial charge in [0.25, 0.3) is 0 Å². The molecule has 1 N–H and O–H groups in total. The molecule has 0 atom stereocenters. The van der Waals surface area contributed by atoms with Crippen molar-refractivity contribution in [3.05, 3.63) is 83.6 Å². The molecule has 0 bridgehead atoms. The number of carbonyl (C=O) groups excluding carboxylic acids is 1. The molecule has 0 spiro atoms. The first kappa shape index (κ1) is 27.4. The van der Waals surface area contributed by atoms with Crippen LogP contribution in [0.15, 0.2) is 66.7 Å². The molecule has 8 nitrogen and oxygen atoms in total. The van der Waals surface area contributed by atoms with Gasteiger partial charge in [-0.25, -0.2) is 9.86 Å². The first-order chi connectivity index (χ1) is 17.2. The quantitative estimate of drug-likeness (QED) is 0.239. The number of aromatic nitrogens is 2. The number of hydrogen-bond acceptors (Lipinski definition) is 7. The lowest BCUT2D eigenvalue weighted by Crippen LogP contribution is -2.52. The normalized spacial score (nSPS) is 11.9. The topological polar surface area (TPSA) is 85.9 Å².